The van der Waals surface area contributed by atoms with E-state index >= 15 is 0 Å². The molecule has 0 spiro atoms. The highest BCUT2D eigenvalue weighted by Gasteiger charge is 2.29. The molecule has 1 N–H and O–H groups in total. The van der Waals surface area contributed by atoms with Crippen LogP contribution in [0.4, 0.5) is 28.0 Å². The minimum atomic E-state index is -4.51. The van der Waals surface area contributed by atoms with Crippen molar-refractivity contribution < 1.29 is 31.8 Å². The van der Waals surface area contributed by atoms with Gasteiger partial charge in [0.1, 0.15) is 5.82 Å². The Morgan fingerprint density at radius 3 is 2.46 bits per heavy atom. The molecule has 0 heterocycles. The summed E-state index contributed by atoms with van der Waals surface area (Å²) in [6, 6.07) is 9.00. The van der Waals surface area contributed by atoms with Crippen LogP contribution in [-0.2, 0) is 0 Å². The van der Waals surface area contributed by atoms with Gasteiger partial charge in [0.2, 0.25) is 0 Å². The number of hydrogen-bond donors (Lipinski definition) is 1. The summed E-state index contributed by atoms with van der Waals surface area (Å²) >= 11 is 0. The molecule has 0 fully saturated rings. The topological polar surface area (TPSA) is 50.8 Å². The lowest BCUT2D eigenvalue weighted by Crippen LogP contribution is -2.34. The van der Waals surface area contributed by atoms with Gasteiger partial charge in [0.25, 0.3) is 0 Å². The molecule has 1 unspecified atom stereocenters. The minimum absolute atomic E-state index is 0.0929. The lowest BCUT2D eigenvalue weighted by molar-refractivity contribution is -0.153. The molecule has 2 rings (SSSR count). The lowest BCUT2D eigenvalue weighted by atomic mass is 10.1. The summed E-state index contributed by atoms with van der Waals surface area (Å²) in [6.07, 6.45) is -4.51. The van der Waals surface area contributed by atoms with Crippen LogP contribution in [0.2, 0.25) is 0 Å². The molecule has 5 nitrogen and oxygen atoms in total. The first-order chi connectivity index (χ1) is 13.1. The molecular formula is C19H20F4N2O3. The van der Waals surface area contributed by atoms with Crippen LogP contribution in [0, 0.1) is 5.82 Å². The van der Waals surface area contributed by atoms with Crippen molar-refractivity contribution in [2.24, 2.45) is 0 Å². The van der Waals surface area contributed by atoms with Crippen LogP contribution in [0.5, 0.6) is 11.5 Å². The molecule has 0 bridgehead atoms. The molecule has 152 valence electrons. The Bertz CT molecular complexity index is 827. The van der Waals surface area contributed by atoms with Crippen LogP contribution < -0.4 is 14.8 Å². The Hall–Kier alpha value is -2.97. The van der Waals surface area contributed by atoms with Crippen molar-refractivity contribution in [3.63, 3.8) is 0 Å². The second-order valence-corrected chi connectivity index (χ2v) is 6.01. The molecule has 2 aromatic rings. The van der Waals surface area contributed by atoms with Gasteiger partial charge < -0.3 is 19.7 Å². The molecule has 0 aliphatic heterocycles. The van der Waals surface area contributed by atoms with E-state index in [-0.39, 0.29) is 17.2 Å². The summed E-state index contributed by atoms with van der Waals surface area (Å²) < 4.78 is 60.9. The highest BCUT2D eigenvalue weighted by molar-refractivity contribution is 5.89. The van der Waals surface area contributed by atoms with Crippen LogP contribution in [0.15, 0.2) is 42.5 Å². The highest BCUT2D eigenvalue weighted by atomic mass is 19.4. The normalized spacial score (nSPS) is 12.2. The van der Waals surface area contributed by atoms with E-state index in [1.807, 2.05) is 0 Å². The number of nitrogens with one attached hydrogen (secondary N) is 1. The standard InChI is InChI=1S/C19H20F4N2O3/c1-12(14-6-4-5-7-15(14)20)25(2)18(26)24-13-8-9-16(27-3)17(10-13)28-11-19(21,22)23/h4-10,12H,11H2,1-3H3,(H,24,26). The molecule has 0 aliphatic carbocycles. The molecule has 2 amide bonds. The van der Waals surface area contributed by atoms with E-state index in [0.717, 1.165) is 0 Å². The number of ether oxygens (including phenoxy) is 2. The monoisotopic (exact) mass is 400 g/mol. The molecule has 0 radical (unpaired) electrons. The first-order valence-corrected chi connectivity index (χ1v) is 8.28. The fraction of sp³-hybridized carbons (Fsp3) is 0.316. The highest BCUT2D eigenvalue weighted by Crippen LogP contribution is 2.32. The summed E-state index contributed by atoms with van der Waals surface area (Å²) in [4.78, 5) is 13.7. The van der Waals surface area contributed by atoms with Gasteiger partial charge in [0.05, 0.1) is 13.2 Å². The lowest BCUT2D eigenvalue weighted by Gasteiger charge is -2.26. The Balaban J connectivity index is 2.13. The summed E-state index contributed by atoms with van der Waals surface area (Å²) in [5.41, 5.74) is 0.541. The van der Waals surface area contributed by atoms with Gasteiger partial charge in [-0.15, -0.1) is 0 Å². The van der Waals surface area contributed by atoms with E-state index in [1.54, 1.807) is 25.1 Å². The predicted octanol–water partition coefficient (Wildman–Crippen LogP) is 5.00. The number of hydrogen-bond acceptors (Lipinski definition) is 3. The van der Waals surface area contributed by atoms with E-state index in [4.69, 9.17) is 9.47 Å². The quantitative estimate of drug-likeness (QED) is 0.695. The average Bonchev–Trinajstić information content (AvgIpc) is 2.65. The molecule has 28 heavy (non-hydrogen) atoms. The first-order valence-electron chi connectivity index (χ1n) is 8.28. The van der Waals surface area contributed by atoms with Crippen molar-refractivity contribution in [2.45, 2.75) is 19.1 Å². The van der Waals surface area contributed by atoms with Crippen molar-refractivity contribution in [3.8, 4) is 11.5 Å². The number of alkyl halides is 3. The van der Waals surface area contributed by atoms with Crippen LogP contribution in [0.3, 0.4) is 0 Å². The van der Waals surface area contributed by atoms with Gasteiger partial charge >= 0.3 is 12.2 Å². The summed E-state index contributed by atoms with van der Waals surface area (Å²) in [7, 11) is 2.77. The summed E-state index contributed by atoms with van der Waals surface area (Å²) in [5.74, 6) is -0.514. The number of rotatable bonds is 6. The zero-order valence-corrected chi connectivity index (χ0v) is 15.5. The fourth-order valence-electron chi connectivity index (χ4n) is 2.44. The Morgan fingerprint density at radius 2 is 1.86 bits per heavy atom. The zero-order valence-electron chi connectivity index (χ0n) is 15.5. The third kappa shape index (κ3) is 5.51. The van der Waals surface area contributed by atoms with Gasteiger partial charge in [0, 0.05) is 24.4 Å². The minimum Gasteiger partial charge on any atom is -0.493 e. The number of carbonyl (C=O) groups is 1. The van der Waals surface area contributed by atoms with E-state index in [0.29, 0.717) is 5.56 Å². The maximum Gasteiger partial charge on any atom is 0.422 e. The smallest absolute Gasteiger partial charge is 0.422 e. The third-order valence-corrected chi connectivity index (χ3v) is 4.06. The maximum atomic E-state index is 13.9. The number of methoxy groups -OCH3 is 1. The van der Waals surface area contributed by atoms with E-state index in [1.165, 1.54) is 43.3 Å². The van der Waals surface area contributed by atoms with Crippen LogP contribution in [-0.4, -0.2) is 37.9 Å². The van der Waals surface area contributed by atoms with Gasteiger partial charge in [-0.05, 0) is 25.1 Å². The van der Waals surface area contributed by atoms with Crippen molar-refractivity contribution in [3.05, 3.63) is 53.8 Å². The van der Waals surface area contributed by atoms with Crippen LogP contribution >= 0.6 is 0 Å². The van der Waals surface area contributed by atoms with Gasteiger partial charge in [0.15, 0.2) is 18.1 Å². The summed E-state index contributed by atoms with van der Waals surface area (Å²) in [5, 5.41) is 2.55. The molecule has 0 aromatic heterocycles. The number of urea groups is 1. The summed E-state index contributed by atoms with van der Waals surface area (Å²) in [6.45, 7) is 0.162. The van der Waals surface area contributed by atoms with E-state index in [9.17, 15) is 22.4 Å². The number of carbonyl (C=O) groups excluding carboxylic acids is 1. The molecule has 9 heteroatoms. The Morgan fingerprint density at radius 1 is 1.18 bits per heavy atom. The zero-order chi connectivity index (χ0) is 20.9. The van der Waals surface area contributed by atoms with Gasteiger partial charge in [-0.25, -0.2) is 9.18 Å². The first kappa shape index (κ1) is 21.3. The Kier molecular flexibility index (Phi) is 6.71. The molecule has 0 saturated heterocycles. The third-order valence-electron chi connectivity index (χ3n) is 4.06. The fourth-order valence-corrected chi connectivity index (χ4v) is 2.44. The Labute approximate surface area is 159 Å². The van der Waals surface area contributed by atoms with Crippen LogP contribution in [0.25, 0.3) is 0 Å². The number of benzene rings is 2. The average molecular weight is 400 g/mol. The van der Waals surface area contributed by atoms with Gasteiger partial charge in [-0.2, -0.15) is 13.2 Å². The van der Waals surface area contributed by atoms with Crippen molar-refractivity contribution in [1.82, 2.24) is 4.90 Å². The molecule has 2 aromatic carbocycles. The molecule has 0 saturated carbocycles. The van der Waals surface area contributed by atoms with Gasteiger partial charge in [-0.3, -0.25) is 0 Å². The van der Waals surface area contributed by atoms with E-state index in [2.05, 4.69) is 5.32 Å². The van der Waals surface area contributed by atoms with E-state index < -0.39 is 30.7 Å². The number of amides is 2. The predicted molar refractivity (Wildman–Crippen MR) is 96.1 cm³/mol. The number of halogens is 4. The van der Waals surface area contributed by atoms with Crippen LogP contribution in [0.1, 0.15) is 18.5 Å². The molecule has 0 aliphatic rings. The largest absolute Gasteiger partial charge is 0.493 e. The number of nitrogens with zero attached hydrogens (tertiary/aromatic N) is 1. The SMILES string of the molecule is COc1ccc(NC(=O)N(C)C(C)c2ccccc2F)cc1OCC(F)(F)F. The maximum absolute atomic E-state index is 13.9. The second-order valence-electron chi connectivity index (χ2n) is 6.01. The van der Waals surface area contributed by atoms with Crippen molar-refractivity contribution >= 4 is 11.7 Å². The molecule has 1 atom stereocenters. The molecular weight excluding hydrogens is 380 g/mol. The number of anilines is 1. The van der Waals surface area contributed by atoms with Gasteiger partial charge in [-0.1, -0.05) is 18.2 Å². The van der Waals surface area contributed by atoms with Crippen molar-refractivity contribution in [1.29, 1.82) is 0 Å². The second kappa shape index (κ2) is 8.81. The van der Waals surface area contributed by atoms with Crippen molar-refractivity contribution in [2.75, 3.05) is 26.1 Å².